The van der Waals surface area contributed by atoms with Gasteiger partial charge in [-0.3, -0.25) is 4.68 Å². The van der Waals surface area contributed by atoms with Gasteiger partial charge in [0.05, 0.1) is 18.3 Å². The highest BCUT2D eigenvalue weighted by Crippen LogP contribution is 2.13. The Balaban J connectivity index is 1.83. The first-order valence-electron chi connectivity index (χ1n) is 5.73. The van der Waals surface area contributed by atoms with Gasteiger partial charge in [0.15, 0.2) is 0 Å². The Morgan fingerprint density at radius 3 is 3.33 bits per heavy atom. The van der Waals surface area contributed by atoms with Crippen LogP contribution in [0.3, 0.4) is 0 Å². The molecule has 4 nitrogen and oxygen atoms in total. The van der Waals surface area contributed by atoms with E-state index in [1.54, 1.807) is 0 Å². The molecule has 15 heavy (non-hydrogen) atoms. The van der Waals surface area contributed by atoms with E-state index in [1.807, 2.05) is 10.9 Å². The minimum absolute atomic E-state index is 0.372. The zero-order valence-corrected chi connectivity index (χ0v) is 9.28. The highest BCUT2D eigenvalue weighted by atomic mass is 16.5. The third kappa shape index (κ3) is 3.04. The van der Waals surface area contributed by atoms with Crippen molar-refractivity contribution in [3.63, 3.8) is 0 Å². The first-order chi connectivity index (χ1) is 7.38. The fraction of sp³-hybridized carbons (Fsp3) is 0.727. The van der Waals surface area contributed by atoms with Crippen molar-refractivity contribution in [2.24, 2.45) is 0 Å². The topological polar surface area (TPSA) is 39.1 Å². The average molecular weight is 209 g/mol. The number of nitrogens with one attached hydrogen (secondary N) is 1. The molecular weight excluding hydrogens is 190 g/mol. The van der Waals surface area contributed by atoms with Crippen molar-refractivity contribution >= 4 is 0 Å². The Bertz CT molecular complexity index is 292. The maximum Gasteiger partial charge on any atom is 0.0771 e. The largest absolute Gasteiger partial charge is 0.376 e. The van der Waals surface area contributed by atoms with Crippen LogP contribution in [0.2, 0.25) is 0 Å². The summed E-state index contributed by atoms with van der Waals surface area (Å²) < 4.78 is 7.56. The predicted molar refractivity (Wildman–Crippen MR) is 58.6 cm³/mol. The summed E-state index contributed by atoms with van der Waals surface area (Å²) in [5.74, 6) is 0. The molecule has 1 aromatic heterocycles. The lowest BCUT2D eigenvalue weighted by atomic mass is 10.2. The standard InChI is InChI=1S/C11H19N3O/c1-2-12-8-10-5-6-14(13-10)9-11-4-3-7-15-11/h5-6,11-12H,2-4,7-9H2,1H3. The number of aromatic nitrogens is 2. The van der Waals surface area contributed by atoms with Crippen molar-refractivity contribution in [1.82, 2.24) is 15.1 Å². The Hall–Kier alpha value is -0.870. The molecule has 1 aliphatic heterocycles. The van der Waals surface area contributed by atoms with Crippen molar-refractivity contribution in [2.75, 3.05) is 13.2 Å². The fourth-order valence-corrected chi connectivity index (χ4v) is 1.85. The third-order valence-corrected chi connectivity index (χ3v) is 2.67. The van der Waals surface area contributed by atoms with E-state index in [-0.39, 0.29) is 0 Å². The summed E-state index contributed by atoms with van der Waals surface area (Å²) in [4.78, 5) is 0. The van der Waals surface area contributed by atoms with Gasteiger partial charge in [-0.2, -0.15) is 5.10 Å². The highest BCUT2D eigenvalue weighted by Gasteiger charge is 2.16. The molecule has 1 unspecified atom stereocenters. The first kappa shape index (κ1) is 10.6. The second-order valence-corrected chi connectivity index (χ2v) is 3.94. The minimum atomic E-state index is 0.372. The molecule has 0 spiro atoms. The van der Waals surface area contributed by atoms with Crippen LogP contribution in [-0.4, -0.2) is 29.0 Å². The normalized spacial score (nSPS) is 21.0. The monoisotopic (exact) mass is 209 g/mol. The van der Waals surface area contributed by atoms with E-state index in [0.717, 1.165) is 31.9 Å². The van der Waals surface area contributed by atoms with Crippen molar-refractivity contribution in [3.8, 4) is 0 Å². The van der Waals surface area contributed by atoms with Crippen LogP contribution in [0.1, 0.15) is 25.5 Å². The molecule has 1 aromatic rings. The molecule has 1 saturated heterocycles. The molecule has 0 bridgehead atoms. The summed E-state index contributed by atoms with van der Waals surface area (Å²) in [5, 5.41) is 7.75. The maximum atomic E-state index is 5.57. The smallest absolute Gasteiger partial charge is 0.0771 e. The summed E-state index contributed by atoms with van der Waals surface area (Å²) >= 11 is 0. The SMILES string of the molecule is CCNCc1ccn(CC2CCCO2)n1. The lowest BCUT2D eigenvalue weighted by molar-refractivity contribution is 0.0939. The number of hydrogen-bond donors (Lipinski definition) is 1. The van der Waals surface area contributed by atoms with E-state index >= 15 is 0 Å². The number of ether oxygens (including phenoxy) is 1. The Kier molecular flexibility index (Phi) is 3.75. The highest BCUT2D eigenvalue weighted by molar-refractivity contribution is 4.98. The third-order valence-electron chi connectivity index (χ3n) is 2.67. The summed E-state index contributed by atoms with van der Waals surface area (Å²) in [5.41, 5.74) is 1.11. The summed E-state index contributed by atoms with van der Waals surface area (Å²) in [6.45, 7) is 5.75. The molecule has 84 valence electrons. The molecule has 0 aliphatic carbocycles. The zero-order chi connectivity index (χ0) is 10.5. The van der Waals surface area contributed by atoms with Crippen LogP contribution in [0.4, 0.5) is 0 Å². The van der Waals surface area contributed by atoms with Gasteiger partial charge in [-0.25, -0.2) is 0 Å². The lowest BCUT2D eigenvalue weighted by Crippen LogP contribution is -2.16. The van der Waals surface area contributed by atoms with Gasteiger partial charge in [-0.05, 0) is 25.5 Å². The van der Waals surface area contributed by atoms with Crippen molar-refractivity contribution in [3.05, 3.63) is 18.0 Å². The van der Waals surface area contributed by atoms with Gasteiger partial charge < -0.3 is 10.1 Å². The summed E-state index contributed by atoms with van der Waals surface area (Å²) in [6, 6.07) is 2.07. The molecule has 1 N–H and O–H groups in total. The van der Waals surface area contributed by atoms with E-state index in [4.69, 9.17) is 4.74 Å². The second-order valence-electron chi connectivity index (χ2n) is 3.94. The van der Waals surface area contributed by atoms with Crippen LogP contribution < -0.4 is 5.32 Å². The quantitative estimate of drug-likeness (QED) is 0.791. The summed E-state index contributed by atoms with van der Waals surface area (Å²) in [6.07, 6.45) is 4.77. The van der Waals surface area contributed by atoms with Crippen molar-refractivity contribution < 1.29 is 4.74 Å². The minimum Gasteiger partial charge on any atom is -0.376 e. The Morgan fingerprint density at radius 2 is 2.60 bits per heavy atom. The van der Waals surface area contributed by atoms with Crippen LogP contribution in [0, 0.1) is 0 Å². The Morgan fingerprint density at radius 1 is 1.67 bits per heavy atom. The molecule has 0 amide bonds. The second kappa shape index (κ2) is 5.28. The number of nitrogens with zero attached hydrogens (tertiary/aromatic N) is 2. The van der Waals surface area contributed by atoms with Crippen LogP contribution in [0.15, 0.2) is 12.3 Å². The van der Waals surface area contributed by atoms with E-state index in [0.29, 0.717) is 6.10 Å². The van der Waals surface area contributed by atoms with Gasteiger partial charge in [0, 0.05) is 19.3 Å². The first-order valence-corrected chi connectivity index (χ1v) is 5.73. The number of hydrogen-bond acceptors (Lipinski definition) is 3. The Labute approximate surface area is 90.6 Å². The molecule has 0 aromatic carbocycles. The zero-order valence-electron chi connectivity index (χ0n) is 9.28. The maximum absolute atomic E-state index is 5.57. The van der Waals surface area contributed by atoms with Gasteiger partial charge >= 0.3 is 0 Å². The van der Waals surface area contributed by atoms with Crippen LogP contribution >= 0.6 is 0 Å². The molecule has 1 aliphatic rings. The van der Waals surface area contributed by atoms with Crippen molar-refractivity contribution in [2.45, 2.75) is 39.0 Å². The van der Waals surface area contributed by atoms with Gasteiger partial charge in [0.1, 0.15) is 0 Å². The molecular formula is C11H19N3O. The molecule has 1 atom stereocenters. The van der Waals surface area contributed by atoms with Crippen molar-refractivity contribution in [1.29, 1.82) is 0 Å². The van der Waals surface area contributed by atoms with Crippen LogP contribution in [-0.2, 0) is 17.8 Å². The average Bonchev–Trinajstić information content (AvgIpc) is 2.87. The fourth-order valence-electron chi connectivity index (χ4n) is 1.85. The molecule has 4 heteroatoms. The molecule has 0 saturated carbocycles. The summed E-state index contributed by atoms with van der Waals surface area (Å²) in [7, 11) is 0. The molecule has 2 rings (SSSR count). The van der Waals surface area contributed by atoms with Crippen LogP contribution in [0.5, 0.6) is 0 Å². The molecule has 2 heterocycles. The van der Waals surface area contributed by atoms with Gasteiger partial charge in [-0.15, -0.1) is 0 Å². The molecule has 1 fully saturated rings. The predicted octanol–water partition coefficient (Wildman–Crippen LogP) is 1.17. The van der Waals surface area contributed by atoms with E-state index in [9.17, 15) is 0 Å². The van der Waals surface area contributed by atoms with E-state index in [1.165, 1.54) is 12.8 Å². The van der Waals surface area contributed by atoms with Gasteiger partial charge in [0.25, 0.3) is 0 Å². The van der Waals surface area contributed by atoms with E-state index < -0.39 is 0 Å². The van der Waals surface area contributed by atoms with Crippen LogP contribution in [0.25, 0.3) is 0 Å². The lowest BCUT2D eigenvalue weighted by Gasteiger charge is -2.08. The molecule has 0 radical (unpaired) electrons. The van der Waals surface area contributed by atoms with Gasteiger partial charge in [-0.1, -0.05) is 6.92 Å². The van der Waals surface area contributed by atoms with E-state index in [2.05, 4.69) is 23.4 Å². The van der Waals surface area contributed by atoms with Gasteiger partial charge in [0.2, 0.25) is 0 Å². The number of rotatable bonds is 5.